The molecule has 0 N–H and O–H groups in total. The van der Waals surface area contributed by atoms with E-state index in [-0.39, 0.29) is 17.5 Å². The molecule has 2 amide bonds. The van der Waals surface area contributed by atoms with Gasteiger partial charge in [0.05, 0.1) is 36.8 Å². The van der Waals surface area contributed by atoms with Gasteiger partial charge in [-0.25, -0.2) is 4.21 Å². The standard InChI is InChI=1S/C26H24N4O5S/c1-2-29-22-17-18(7-12-24(22)36(35)23-6-4-3-5-21(23)26(29)32)25(31)28-15-13-27(14-16-28)19-8-10-20(11-9-19)30(33)34/h3-12,17H,2,13-16H2,1H3/t36-/m1/s1. The number of amides is 2. The average molecular weight is 505 g/mol. The van der Waals surface area contributed by atoms with Crippen LogP contribution in [0.5, 0.6) is 0 Å². The van der Waals surface area contributed by atoms with Gasteiger partial charge in [-0.05, 0) is 49.4 Å². The van der Waals surface area contributed by atoms with Gasteiger partial charge in [-0.3, -0.25) is 19.7 Å². The molecular formula is C26H24N4O5S. The van der Waals surface area contributed by atoms with Gasteiger partial charge in [0.25, 0.3) is 17.5 Å². The molecule has 0 radical (unpaired) electrons. The molecule has 1 fully saturated rings. The van der Waals surface area contributed by atoms with Crippen LogP contribution in [0.15, 0.2) is 76.5 Å². The number of nitrogens with zero attached hydrogens (tertiary/aromatic N) is 4. The van der Waals surface area contributed by atoms with E-state index in [1.807, 2.05) is 6.92 Å². The summed E-state index contributed by atoms with van der Waals surface area (Å²) in [4.78, 5) is 43.5. The van der Waals surface area contributed by atoms with Crippen molar-refractivity contribution in [3.63, 3.8) is 0 Å². The molecule has 5 rings (SSSR count). The summed E-state index contributed by atoms with van der Waals surface area (Å²) in [5.41, 5.74) is 2.25. The van der Waals surface area contributed by atoms with Gasteiger partial charge in [0.1, 0.15) is 0 Å². The third kappa shape index (κ3) is 4.13. The molecule has 1 saturated heterocycles. The van der Waals surface area contributed by atoms with E-state index in [4.69, 9.17) is 0 Å². The van der Waals surface area contributed by atoms with Gasteiger partial charge in [-0.2, -0.15) is 0 Å². The summed E-state index contributed by atoms with van der Waals surface area (Å²) < 4.78 is 13.3. The number of piperazine rings is 1. The summed E-state index contributed by atoms with van der Waals surface area (Å²) in [6.07, 6.45) is 0. The molecule has 2 aliphatic heterocycles. The van der Waals surface area contributed by atoms with Crippen molar-refractivity contribution in [2.75, 3.05) is 42.5 Å². The van der Waals surface area contributed by atoms with Crippen molar-refractivity contribution in [2.45, 2.75) is 16.7 Å². The maximum absolute atomic E-state index is 13.4. The Morgan fingerprint density at radius 1 is 0.972 bits per heavy atom. The van der Waals surface area contributed by atoms with Crippen LogP contribution in [-0.4, -0.2) is 58.6 Å². The molecule has 0 unspecified atom stereocenters. The highest BCUT2D eigenvalue weighted by atomic mass is 32.2. The van der Waals surface area contributed by atoms with E-state index in [0.29, 0.717) is 59.3 Å². The second-order valence-corrected chi connectivity index (χ2v) is 9.97. The van der Waals surface area contributed by atoms with Crippen molar-refractivity contribution in [2.24, 2.45) is 0 Å². The Hall–Kier alpha value is -4.05. The number of nitro groups is 1. The number of anilines is 2. The van der Waals surface area contributed by atoms with Crippen LogP contribution >= 0.6 is 0 Å². The fourth-order valence-corrected chi connectivity index (χ4v) is 5.99. The van der Waals surface area contributed by atoms with Crippen LogP contribution in [0.1, 0.15) is 27.6 Å². The minimum absolute atomic E-state index is 0.0411. The predicted molar refractivity (Wildman–Crippen MR) is 136 cm³/mol. The molecule has 184 valence electrons. The quantitative estimate of drug-likeness (QED) is 0.396. The molecule has 2 heterocycles. The summed E-state index contributed by atoms with van der Waals surface area (Å²) in [7, 11) is -1.54. The fraction of sp³-hybridized carbons (Fsp3) is 0.231. The summed E-state index contributed by atoms with van der Waals surface area (Å²) in [6.45, 7) is 4.38. The topological polar surface area (TPSA) is 104 Å². The first kappa shape index (κ1) is 23.7. The second kappa shape index (κ2) is 9.54. The normalized spacial score (nSPS) is 17.3. The van der Waals surface area contributed by atoms with Gasteiger partial charge in [0.15, 0.2) is 0 Å². The van der Waals surface area contributed by atoms with Gasteiger partial charge < -0.3 is 14.7 Å². The number of hydrogen-bond donors (Lipinski definition) is 0. The molecule has 3 aromatic carbocycles. The number of hydrogen-bond acceptors (Lipinski definition) is 6. The summed E-state index contributed by atoms with van der Waals surface area (Å²) in [5, 5.41) is 10.9. The molecule has 0 aliphatic carbocycles. The van der Waals surface area contributed by atoms with Crippen LogP contribution in [0.2, 0.25) is 0 Å². The molecule has 0 spiro atoms. The zero-order valence-electron chi connectivity index (χ0n) is 19.6. The smallest absolute Gasteiger partial charge is 0.269 e. The van der Waals surface area contributed by atoms with Crippen LogP contribution < -0.4 is 9.80 Å². The molecule has 10 heteroatoms. The molecule has 0 bridgehead atoms. The Bertz CT molecular complexity index is 1380. The second-order valence-electron chi connectivity index (χ2n) is 8.55. The van der Waals surface area contributed by atoms with Gasteiger partial charge in [-0.1, -0.05) is 12.1 Å². The highest BCUT2D eigenvalue weighted by molar-refractivity contribution is 7.85. The maximum Gasteiger partial charge on any atom is 0.269 e. The largest absolute Gasteiger partial charge is 0.368 e. The van der Waals surface area contributed by atoms with E-state index >= 15 is 0 Å². The first-order valence-electron chi connectivity index (χ1n) is 11.6. The van der Waals surface area contributed by atoms with E-state index in [1.54, 1.807) is 64.4 Å². The molecule has 3 aromatic rings. The summed E-state index contributed by atoms with van der Waals surface area (Å²) in [6, 6.07) is 18.3. The third-order valence-corrected chi connectivity index (χ3v) is 8.07. The number of benzene rings is 3. The Balaban J connectivity index is 1.36. The minimum atomic E-state index is -1.54. The van der Waals surface area contributed by atoms with E-state index in [2.05, 4.69) is 4.90 Å². The monoisotopic (exact) mass is 504 g/mol. The van der Waals surface area contributed by atoms with Gasteiger partial charge >= 0.3 is 0 Å². The van der Waals surface area contributed by atoms with Crippen LogP contribution in [-0.2, 0) is 10.8 Å². The zero-order valence-corrected chi connectivity index (χ0v) is 20.4. The Kier molecular flexibility index (Phi) is 6.27. The molecule has 0 saturated carbocycles. The highest BCUT2D eigenvalue weighted by Crippen LogP contribution is 2.35. The van der Waals surface area contributed by atoms with Crippen LogP contribution in [0, 0.1) is 10.1 Å². The molecule has 2 aliphatic rings. The predicted octanol–water partition coefficient (Wildman–Crippen LogP) is 3.70. The van der Waals surface area contributed by atoms with Crippen LogP contribution in [0.4, 0.5) is 17.1 Å². The molecule has 36 heavy (non-hydrogen) atoms. The van der Waals surface area contributed by atoms with Crippen molar-refractivity contribution in [3.8, 4) is 0 Å². The third-order valence-electron chi connectivity index (χ3n) is 6.57. The fourth-order valence-electron chi connectivity index (χ4n) is 4.65. The lowest BCUT2D eigenvalue weighted by Gasteiger charge is -2.36. The summed E-state index contributed by atoms with van der Waals surface area (Å²) in [5.74, 6) is -0.390. The van der Waals surface area contributed by atoms with E-state index in [1.165, 1.54) is 12.1 Å². The lowest BCUT2D eigenvalue weighted by Crippen LogP contribution is -2.48. The molecule has 1 atom stereocenters. The number of carbonyl (C=O) groups is 2. The van der Waals surface area contributed by atoms with Gasteiger partial charge in [0.2, 0.25) is 0 Å². The number of fused-ring (bicyclic) bond motifs is 2. The molecule has 9 nitrogen and oxygen atoms in total. The minimum Gasteiger partial charge on any atom is -0.368 e. The van der Waals surface area contributed by atoms with Gasteiger partial charge in [0, 0.05) is 56.1 Å². The maximum atomic E-state index is 13.4. The SMILES string of the molecule is CCN1C(=O)c2ccccc2[S@@](=O)c2ccc(C(=O)N3CCN(c4ccc([N+](=O)[O-])cc4)CC3)cc21. The van der Waals surface area contributed by atoms with Crippen molar-refractivity contribution in [1.29, 1.82) is 0 Å². The van der Waals surface area contributed by atoms with E-state index < -0.39 is 15.7 Å². The van der Waals surface area contributed by atoms with Crippen molar-refractivity contribution >= 4 is 39.7 Å². The lowest BCUT2D eigenvalue weighted by molar-refractivity contribution is -0.384. The Morgan fingerprint density at radius 2 is 1.67 bits per heavy atom. The number of rotatable bonds is 4. The van der Waals surface area contributed by atoms with Crippen LogP contribution in [0.3, 0.4) is 0 Å². The highest BCUT2D eigenvalue weighted by Gasteiger charge is 2.31. The van der Waals surface area contributed by atoms with E-state index in [9.17, 15) is 23.9 Å². The zero-order chi connectivity index (χ0) is 25.4. The first-order valence-corrected chi connectivity index (χ1v) is 12.8. The first-order chi connectivity index (χ1) is 17.4. The average Bonchev–Trinajstić information content (AvgIpc) is 3.00. The molecule has 0 aromatic heterocycles. The summed E-state index contributed by atoms with van der Waals surface area (Å²) >= 11 is 0. The number of non-ortho nitro benzene ring substituents is 1. The van der Waals surface area contributed by atoms with Crippen molar-refractivity contribution < 1.29 is 18.7 Å². The van der Waals surface area contributed by atoms with Crippen LogP contribution in [0.25, 0.3) is 0 Å². The van der Waals surface area contributed by atoms with Crippen molar-refractivity contribution in [3.05, 3.63) is 88.0 Å². The molecular weight excluding hydrogens is 480 g/mol. The van der Waals surface area contributed by atoms with Gasteiger partial charge in [-0.15, -0.1) is 0 Å². The lowest BCUT2D eigenvalue weighted by atomic mass is 10.1. The number of carbonyl (C=O) groups excluding carboxylic acids is 2. The van der Waals surface area contributed by atoms with E-state index in [0.717, 1.165) is 5.69 Å². The Morgan fingerprint density at radius 3 is 2.33 bits per heavy atom. The Labute approximate surface area is 210 Å². The van der Waals surface area contributed by atoms with Crippen molar-refractivity contribution in [1.82, 2.24) is 4.90 Å². The number of nitro benzene ring substituents is 1.